The van der Waals surface area contributed by atoms with Crippen LogP contribution in [0.5, 0.6) is 17.2 Å². The minimum absolute atomic E-state index is 0.0298. The molecule has 1 fully saturated rings. The van der Waals surface area contributed by atoms with Gasteiger partial charge in [0, 0.05) is 5.56 Å². The van der Waals surface area contributed by atoms with E-state index in [-0.39, 0.29) is 12.5 Å². The molecule has 0 aromatic heterocycles. The molecule has 1 aliphatic rings. The Kier molecular flexibility index (Phi) is 6.54. The fourth-order valence-electron chi connectivity index (χ4n) is 3.28. The summed E-state index contributed by atoms with van der Waals surface area (Å²) in [5, 5.41) is 0. The van der Waals surface area contributed by atoms with Crippen molar-refractivity contribution in [3.63, 3.8) is 0 Å². The largest absolute Gasteiger partial charge is 0.497 e. The number of hydrogen-bond donors (Lipinski definition) is 1. The van der Waals surface area contributed by atoms with Crippen molar-refractivity contribution in [3.8, 4) is 17.2 Å². The monoisotopic (exact) mass is 371 g/mol. The van der Waals surface area contributed by atoms with Crippen LogP contribution in [0.3, 0.4) is 0 Å². The number of carbonyl (C=O) groups excluding carboxylic acids is 1. The molecule has 1 aliphatic heterocycles. The molecule has 0 unspecified atom stereocenters. The molecule has 1 N–H and O–H groups in total. The maximum atomic E-state index is 12.4. The molecule has 1 saturated heterocycles. The Morgan fingerprint density at radius 3 is 2.30 bits per heavy atom. The normalized spacial score (nSPS) is 14.7. The second-order valence-corrected chi connectivity index (χ2v) is 6.58. The molecule has 0 saturated carbocycles. The number of carbonyl (C=O) groups is 1. The lowest BCUT2D eigenvalue weighted by atomic mass is 10.1. The zero-order valence-electron chi connectivity index (χ0n) is 15.9. The lowest BCUT2D eigenvalue weighted by molar-refractivity contribution is -0.917. The fraction of sp³-hybridized carbons (Fsp3) is 0.381. The van der Waals surface area contributed by atoms with Crippen molar-refractivity contribution in [1.82, 2.24) is 4.90 Å². The van der Waals surface area contributed by atoms with Gasteiger partial charge in [-0.1, -0.05) is 12.1 Å². The smallest absolute Gasteiger partial charge is 0.260 e. The Balaban J connectivity index is 1.44. The van der Waals surface area contributed by atoms with Gasteiger partial charge in [0.1, 0.15) is 23.8 Å². The van der Waals surface area contributed by atoms with Gasteiger partial charge in [0.2, 0.25) is 0 Å². The zero-order chi connectivity index (χ0) is 19.1. The van der Waals surface area contributed by atoms with Crippen molar-refractivity contribution in [2.24, 2.45) is 0 Å². The van der Waals surface area contributed by atoms with E-state index in [4.69, 9.17) is 14.2 Å². The number of amides is 1. The minimum atomic E-state index is 0.0298. The van der Waals surface area contributed by atoms with Crippen LogP contribution >= 0.6 is 0 Å². The lowest BCUT2D eigenvalue weighted by Crippen LogP contribution is -3.13. The van der Waals surface area contributed by atoms with Crippen molar-refractivity contribution in [2.45, 2.75) is 6.54 Å². The second kappa shape index (κ2) is 9.28. The highest BCUT2D eigenvalue weighted by atomic mass is 16.5. The van der Waals surface area contributed by atoms with Crippen LogP contribution in [0.2, 0.25) is 0 Å². The Bertz CT molecular complexity index is 740. The number of piperazine rings is 1. The first kappa shape index (κ1) is 19.0. The van der Waals surface area contributed by atoms with Gasteiger partial charge in [0.25, 0.3) is 5.91 Å². The summed E-state index contributed by atoms with van der Waals surface area (Å²) in [4.78, 5) is 15.7. The molecule has 1 heterocycles. The first-order valence-corrected chi connectivity index (χ1v) is 9.19. The molecule has 0 aliphatic carbocycles. The number of hydrogen-bond acceptors (Lipinski definition) is 4. The standard InChI is InChI=1S/C21H26N2O4/c1-25-18-7-9-19(10-8-18)27-16-21(24)23-13-11-22(12-14-23)15-17-5-3-4-6-20(17)26-2/h3-10H,11-16H2,1-2H3/p+1. The summed E-state index contributed by atoms with van der Waals surface area (Å²) in [6.45, 7) is 4.31. The molecule has 3 rings (SSSR count). The fourth-order valence-corrected chi connectivity index (χ4v) is 3.28. The van der Waals surface area contributed by atoms with Crippen molar-refractivity contribution >= 4 is 5.91 Å². The topological polar surface area (TPSA) is 52.4 Å². The first-order valence-electron chi connectivity index (χ1n) is 9.19. The summed E-state index contributed by atoms with van der Waals surface area (Å²) < 4.78 is 16.2. The van der Waals surface area contributed by atoms with Crippen molar-refractivity contribution in [1.29, 1.82) is 0 Å². The lowest BCUT2D eigenvalue weighted by Gasteiger charge is -2.32. The highest BCUT2D eigenvalue weighted by molar-refractivity contribution is 5.77. The number of methoxy groups -OCH3 is 2. The SMILES string of the molecule is COc1ccc(OCC(=O)N2CC[NH+](Cc3ccccc3OC)CC2)cc1. The number of ether oxygens (including phenoxy) is 3. The number of para-hydroxylation sites is 1. The predicted octanol–water partition coefficient (Wildman–Crippen LogP) is 1.01. The third kappa shape index (κ3) is 5.14. The molecule has 6 heteroatoms. The zero-order valence-corrected chi connectivity index (χ0v) is 15.9. The molecule has 2 aromatic rings. The number of nitrogens with zero attached hydrogens (tertiary/aromatic N) is 1. The number of quaternary nitrogens is 1. The Morgan fingerprint density at radius 2 is 1.63 bits per heavy atom. The minimum Gasteiger partial charge on any atom is -0.497 e. The molecular formula is C21H27N2O4+. The van der Waals surface area contributed by atoms with E-state index in [2.05, 4.69) is 6.07 Å². The molecule has 2 aromatic carbocycles. The summed E-state index contributed by atoms with van der Waals surface area (Å²) in [5.41, 5.74) is 1.21. The van der Waals surface area contributed by atoms with Gasteiger partial charge < -0.3 is 24.0 Å². The van der Waals surface area contributed by atoms with Gasteiger partial charge in [-0.05, 0) is 36.4 Å². The van der Waals surface area contributed by atoms with E-state index in [9.17, 15) is 4.79 Å². The van der Waals surface area contributed by atoms with E-state index in [1.807, 2.05) is 35.2 Å². The summed E-state index contributed by atoms with van der Waals surface area (Å²) in [6, 6.07) is 15.4. The molecule has 144 valence electrons. The van der Waals surface area contributed by atoms with Gasteiger partial charge in [0.15, 0.2) is 6.61 Å². The average Bonchev–Trinajstić information content (AvgIpc) is 2.73. The van der Waals surface area contributed by atoms with Crippen LogP contribution < -0.4 is 19.1 Å². The van der Waals surface area contributed by atoms with Crippen molar-refractivity contribution in [3.05, 3.63) is 54.1 Å². The first-order chi connectivity index (χ1) is 13.2. The third-order valence-corrected chi connectivity index (χ3v) is 4.88. The van der Waals surface area contributed by atoms with Gasteiger partial charge in [0.05, 0.1) is 40.4 Å². The van der Waals surface area contributed by atoms with Gasteiger partial charge in [-0.15, -0.1) is 0 Å². The molecule has 0 bridgehead atoms. The second-order valence-electron chi connectivity index (χ2n) is 6.58. The number of rotatable bonds is 7. The van der Waals surface area contributed by atoms with E-state index in [1.165, 1.54) is 10.5 Å². The summed E-state index contributed by atoms with van der Waals surface area (Å²) in [5.74, 6) is 2.39. The Morgan fingerprint density at radius 1 is 0.963 bits per heavy atom. The molecule has 0 atom stereocenters. The third-order valence-electron chi connectivity index (χ3n) is 4.88. The van der Waals surface area contributed by atoms with E-state index in [0.29, 0.717) is 5.75 Å². The maximum absolute atomic E-state index is 12.4. The van der Waals surface area contributed by atoms with Crippen LogP contribution in [0.25, 0.3) is 0 Å². The van der Waals surface area contributed by atoms with E-state index >= 15 is 0 Å². The predicted molar refractivity (Wildman–Crippen MR) is 102 cm³/mol. The molecule has 1 amide bonds. The summed E-state index contributed by atoms with van der Waals surface area (Å²) in [7, 11) is 3.32. The Hall–Kier alpha value is -2.73. The molecule has 0 radical (unpaired) electrons. The molecule has 6 nitrogen and oxygen atoms in total. The molecule has 27 heavy (non-hydrogen) atoms. The number of nitrogens with one attached hydrogen (secondary N) is 1. The highest BCUT2D eigenvalue weighted by Gasteiger charge is 2.24. The summed E-state index contributed by atoms with van der Waals surface area (Å²) >= 11 is 0. The quantitative estimate of drug-likeness (QED) is 0.789. The average molecular weight is 371 g/mol. The van der Waals surface area contributed by atoms with Crippen LogP contribution in [-0.2, 0) is 11.3 Å². The van der Waals surface area contributed by atoms with Crippen LogP contribution in [-0.4, -0.2) is 57.8 Å². The van der Waals surface area contributed by atoms with Crippen LogP contribution in [0.1, 0.15) is 5.56 Å². The van der Waals surface area contributed by atoms with Gasteiger partial charge in [-0.3, -0.25) is 4.79 Å². The highest BCUT2D eigenvalue weighted by Crippen LogP contribution is 2.17. The van der Waals surface area contributed by atoms with Crippen LogP contribution in [0, 0.1) is 0 Å². The summed E-state index contributed by atoms with van der Waals surface area (Å²) in [6.07, 6.45) is 0. The van der Waals surface area contributed by atoms with E-state index in [1.54, 1.807) is 26.4 Å². The van der Waals surface area contributed by atoms with Gasteiger partial charge >= 0.3 is 0 Å². The van der Waals surface area contributed by atoms with Gasteiger partial charge in [-0.2, -0.15) is 0 Å². The number of benzene rings is 2. The maximum Gasteiger partial charge on any atom is 0.260 e. The Labute approximate surface area is 160 Å². The van der Waals surface area contributed by atoms with E-state index < -0.39 is 0 Å². The van der Waals surface area contributed by atoms with Crippen molar-refractivity contribution < 1.29 is 23.9 Å². The van der Waals surface area contributed by atoms with Crippen LogP contribution in [0.15, 0.2) is 48.5 Å². The molecular weight excluding hydrogens is 344 g/mol. The molecule has 0 spiro atoms. The van der Waals surface area contributed by atoms with E-state index in [0.717, 1.165) is 44.2 Å². The van der Waals surface area contributed by atoms with Gasteiger partial charge in [-0.25, -0.2) is 0 Å². The van der Waals surface area contributed by atoms with Crippen molar-refractivity contribution in [2.75, 3.05) is 47.0 Å². The van der Waals surface area contributed by atoms with Crippen LogP contribution in [0.4, 0.5) is 0 Å².